The fourth-order valence-electron chi connectivity index (χ4n) is 4.24. The number of rotatable bonds is 10. The lowest BCUT2D eigenvalue weighted by molar-refractivity contribution is -0.140. The molecule has 0 fully saturated rings. The zero-order valence-electron chi connectivity index (χ0n) is 21.3. The summed E-state index contributed by atoms with van der Waals surface area (Å²) in [6, 6.07) is 13.3. The van der Waals surface area contributed by atoms with E-state index in [1.54, 1.807) is 56.5 Å². The molecule has 2 heterocycles. The standard InChI is InChI=1S/C28H28N2O7S/c1-4-8-21-24(27(34)36-5-2)25(18-10-7-11-19(15-18)35-3)30-26(33)22(38-28(30)29-21)14-17-9-6-12-20(13-17)37-16-23(31)32/h6-7,9-15,25H,4-5,8,16H2,1-3H3,(H,31,32)/b22-14-/t25-/m1/s1. The number of hydrogen-bond donors (Lipinski definition) is 1. The highest BCUT2D eigenvalue weighted by atomic mass is 32.1. The van der Waals surface area contributed by atoms with Crippen molar-refractivity contribution in [3.63, 3.8) is 0 Å². The van der Waals surface area contributed by atoms with Gasteiger partial charge in [0.2, 0.25) is 0 Å². The number of aliphatic carboxylic acids is 1. The minimum absolute atomic E-state index is 0.192. The van der Waals surface area contributed by atoms with Crippen molar-refractivity contribution in [3.8, 4) is 11.5 Å². The Bertz CT molecular complexity index is 1570. The second-order valence-electron chi connectivity index (χ2n) is 8.45. The fraction of sp³-hybridized carbons (Fsp3) is 0.286. The average Bonchev–Trinajstić information content (AvgIpc) is 3.21. The van der Waals surface area contributed by atoms with Crippen LogP contribution in [0.5, 0.6) is 11.5 Å². The number of carboxylic acid groups (broad SMARTS) is 1. The van der Waals surface area contributed by atoms with Crippen molar-refractivity contribution in [2.45, 2.75) is 32.7 Å². The molecule has 1 aliphatic rings. The largest absolute Gasteiger partial charge is 0.497 e. The Labute approximate surface area is 222 Å². The molecule has 0 saturated heterocycles. The molecule has 1 atom stereocenters. The van der Waals surface area contributed by atoms with Crippen molar-refractivity contribution in [3.05, 3.63) is 90.6 Å². The highest BCUT2D eigenvalue weighted by molar-refractivity contribution is 7.07. The van der Waals surface area contributed by atoms with Crippen molar-refractivity contribution in [2.75, 3.05) is 20.3 Å². The molecule has 0 amide bonds. The van der Waals surface area contributed by atoms with E-state index in [0.29, 0.717) is 49.7 Å². The predicted molar refractivity (Wildman–Crippen MR) is 142 cm³/mol. The predicted octanol–water partition coefficient (Wildman–Crippen LogP) is 3.05. The normalized spacial score (nSPS) is 15.0. The highest BCUT2D eigenvalue weighted by Gasteiger charge is 2.34. The van der Waals surface area contributed by atoms with Crippen LogP contribution in [0.4, 0.5) is 0 Å². The molecule has 1 aromatic heterocycles. The number of ether oxygens (including phenoxy) is 3. The van der Waals surface area contributed by atoms with Gasteiger partial charge in [0, 0.05) is 0 Å². The van der Waals surface area contributed by atoms with Crippen molar-refractivity contribution in [1.82, 2.24) is 4.57 Å². The second-order valence-corrected chi connectivity index (χ2v) is 9.45. The molecule has 1 aliphatic heterocycles. The number of esters is 1. The summed E-state index contributed by atoms with van der Waals surface area (Å²) in [6.07, 6.45) is 3.00. The Morgan fingerprint density at radius 3 is 2.61 bits per heavy atom. The molecular formula is C28H28N2O7S. The number of nitrogens with zero attached hydrogens (tertiary/aromatic N) is 2. The Balaban J connectivity index is 1.91. The highest BCUT2D eigenvalue weighted by Crippen LogP contribution is 2.33. The molecule has 0 unspecified atom stereocenters. The number of aromatic nitrogens is 1. The van der Waals surface area contributed by atoms with Crippen LogP contribution in [0.1, 0.15) is 43.9 Å². The van der Waals surface area contributed by atoms with E-state index in [1.807, 2.05) is 19.1 Å². The molecule has 0 aliphatic carbocycles. The minimum Gasteiger partial charge on any atom is -0.497 e. The summed E-state index contributed by atoms with van der Waals surface area (Å²) >= 11 is 1.22. The lowest BCUT2D eigenvalue weighted by atomic mass is 9.94. The van der Waals surface area contributed by atoms with Crippen molar-refractivity contribution >= 4 is 29.4 Å². The van der Waals surface area contributed by atoms with Crippen LogP contribution in [0.2, 0.25) is 0 Å². The summed E-state index contributed by atoms with van der Waals surface area (Å²) in [4.78, 5) is 43.1. The molecule has 2 aromatic carbocycles. The van der Waals surface area contributed by atoms with Gasteiger partial charge in [-0.15, -0.1) is 0 Å². The summed E-state index contributed by atoms with van der Waals surface area (Å²) in [5.41, 5.74) is 1.98. The van der Waals surface area contributed by atoms with Gasteiger partial charge < -0.3 is 19.3 Å². The van der Waals surface area contributed by atoms with Gasteiger partial charge in [-0.05, 0) is 54.8 Å². The number of fused-ring (bicyclic) bond motifs is 1. The molecule has 38 heavy (non-hydrogen) atoms. The SMILES string of the molecule is CCCC1=C(C(=O)OCC)[C@@H](c2cccc(OC)c2)n2c(s/c(=C\c3cccc(OCC(=O)O)c3)c2=O)=N1. The van der Waals surface area contributed by atoms with E-state index < -0.39 is 24.6 Å². The second kappa shape index (κ2) is 11.9. The third-order valence-corrected chi connectivity index (χ3v) is 6.80. The number of carbonyl (C=O) groups excluding carboxylic acids is 1. The Kier molecular flexibility index (Phi) is 8.42. The smallest absolute Gasteiger partial charge is 0.341 e. The first-order valence-electron chi connectivity index (χ1n) is 12.2. The number of benzene rings is 2. The number of carbonyl (C=O) groups is 2. The zero-order valence-corrected chi connectivity index (χ0v) is 22.1. The molecule has 4 rings (SSSR count). The maximum Gasteiger partial charge on any atom is 0.341 e. The van der Waals surface area contributed by atoms with Crippen molar-refractivity contribution in [1.29, 1.82) is 0 Å². The van der Waals surface area contributed by atoms with Crippen LogP contribution >= 0.6 is 11.3 Å². The molecular weight excluding hydrogens is 508 g/mol. The first kappa shape index (κ1) is 26.9. The van der Waals surface area contributed by atoms with Crippen molar-refractivity contribution in [2.24, 2.45) is 4.99 Å². The van der Waals surface area contributed by atoms with Gasteiger partial charge in [-0.25, -0.2) is 14.6 Å². The number of carboxylic acids is 1. The molecule has 9 nitrogen and oxygen atoms in total. The summed E-state index contributed by atoms with van der Waals surface area (Å²) < 4.78 is 18.0. The lowest BCUT2D eigenvalue weighted by Crippen LogP contribution is -2.40. The third kappa shape index (κ3) is 5.70. The van der Waals surface area contributed by atoms with Gasteiger partial charge in [-0.3, -0.25) is 9.36 Å². The number of hydrogen-bond acceptors (Lipinski definition) is 8. The van der Waals surface area contributed by atoms with E-state index in [9.17, 15) is 14.4 Å². The minimum atomic E-state index is -1.08. The van der Waals surface area contributed by atoms with Crippen LogP contribution in [0.3, 0.4) is 0 Å². The zero-order chi connectivity index (χ0) is 27.2. The molecule has 0 bridgehead atoms. The van der Waals surface area contributed by atoms with E-state index in [1.165, 1.54) is 15.9 Å². The Hall–Kier alpha value is -4.18. The fourth-order valence-corrected chi connectivity index (χ4v) is 5.26. The lowest BCUT2D eigenvalue weighted by Gasteiger charge is -2.26. The van der Waals surface area contributed by atoms with E-state index in [2.05, 4.69) is 0 Å². The van der Waals surface area contributed by atoms with Crippen LogP contribution in [0.15, 0.2) is 69.6 Å². The van der Waals surface area contributed by atoms with Crippen LogP contribution in [-0.4, -0.2) is 41.9 Å². The molecule has 1 N–H and O–H groups in total. The van der Waals surface area contributed by atoms with E-state index in [4.69, 9.17) is 24.3 Å². The first-order chi connectivity index (χ1) is 18.4. The van der Waals surface area contributed by atoms with Gasteiger partial charge >= 0.3 is 11.9 Å². The van der Waals surface area contributed by atoms with E-state index in [0.717, 1.165) is 6.42 Å². The molecule has 0 radical (unpaired) electrons. The topological polar surface area (TPSA) is 116 Å². The maximum absolute atomic E-state index is 13.8. The summed E-state index contributed by atoms with van der Waals surface area (Å²) in [5, 5.41) is 8.88. The Morgan fingerprint density at radius 2 is 1.89 bits per heavy atom. The molecule has 0 spiro atoms. The van der Waals surface area contributed by atoms with E-state index >= 15 is 0 Å². The van der Waals surface area contributed by atoms with Crippen molar-refractivity contribution < 1.29 is 28.9 Å². The van der Waals surface area contributed by atoms with Gasteiger partial charge in [0.05, 0.1) is 35.6 Å². The quantitative estimate of drug-likeness (QED) is 0.396. The molecule has 0 saturated carbocycles. The first-order valence-corrected chi connectivity index (χ1v) is 13.0. The number of thiazole rings is 1. The molecule has 3 aromatic rings. The van der Waals surface area contributed by atoms with Gasteiger partial charge in [-0.1, -0.05) is 48.9 Å². The van der Waals surface area contributed by atoms with Crippen LogP contribution < -0.4 is 24.4 Å². The van der Waals surface area contributed by atoms with Crippen LogP contribution in [-0.2, 0) is 14.3 Å². The molecule has 10 heteroatoms. The van der Waals surface area contributed by atoms with Crippen LogP contribution in [0, 0.1) is 0 Å². The molecule has 198 valence electrons. The summed E-state index contributed by atoms with van der Waals surface area (Å²) in [7, 11) is 1.56. The van der Waals surface area contributed by atoms with Gasteiger partial charge in [0.25, 0.3) is 5.56 Å². The average molecular weight is 537 g/mol. The number of methoxy groups -OCH3 is 1. The van der Waals surface area contributed by atoms with E-state index in [-0.39, 0.29) is 12.2 Å². The van der Waals surface area contributed by atoms with Gasteiger partial charge in [0.1, 0.15) is 11.5 Å². The maximum atomic E-state index is 13.8. The third-order valence-electron chi connectivity index (χ3n) is 5.82. The van der Waals surface area contributed by atoms with Gasteiger partial charge in [-0.2, -0.15) is 0 Å². The summed E-state index contributed by atoms with van der Waals surface area (Å²) in [6.45, 7) is 3.46. The monoisotopic (exact) mass is 536 g/mol. The number of allylic oxidation sites excluding steroid dienone is 1. The Morgan fingerprint density at radius 1 is 1.13 bits per heavy atom. The van der Waals surface area contributed by atoms with Crippen LogP contribution in [0.25, 0.3) is 6.08 Å². The van der Waals surface area contributed by atoms with Gasteiger partial charge in [0.15, 0.2) is 11.4 Å². The summed E-state index contributed by atoms with van der Waals surface area (Å²) in [5.74, 6) is -0.621.